The standard InChI is InChI=1S/C75H49N5/c1-6-21-50(22-7-1)55-31-20-32-58(45-55)61-41-37-60(49-72(61)80-67-35-18-16-33-62(67)63-34-17-19-36-68(63)80)75-77-73(54-29-14-5-15-30-54)76-74(78-75)59-40-44-69(64(48-59)53-27-12-4-13-28-53)79-70-42-38-56(51-23-8-2-9-24-51)46-65(70)66-47-57(39-43-71(66)79)52-25-10-3-11-26-52/h1-49H. The van der Waals surface area contributed by atoms with Gasteiger partial charge in [0, 0.05) is 49.4 Å². The van der Waals surface area contributed by atoms with E-state index in [0.717, 1.165) is 77.9 Å². The van der Waals surface area contributed by atoms with Crippen molar-refractivity contribution in [3.05, 3.63) is 297 Å². The summed E-state index contributed by atoms with van der Waals surface area (Å²) in [5.74, 6) is 1.76. The van der Waals surface area contributed by atoms with E-state index in [2.05, 4.69) is 288 Å². The van der Waals surface area contributed by atoms with Gasteiger partial charge in [0.2, 0.25) is 0 Å². The first kappa shape index (κ1) is 46.5. The lowest BCUT2D eigenvalue weighted by atomic mass is 9.96. The van der Waals surface area contributed by atoms with Gasteiger partial charge in [-0.05, 0) is 111 Å². The maximum atomic E-state index is 5.47. The topological polar surface area (TPSA) is 48.5 Å². The van der Waals surface area contributed by atoms with Crippen molar-refractivity contribution in [2.75, 3.05) is 0 Å². The van der Waals surface area contributed by atoms with Crippen LogP contribution in [0.1, 0.15) is 0 Å². The van der Waals surface area contributed by atoms with Crippen molar-refractivity contribution in [1.82, 2.24) is 24.1 Å². The van der Waals surface area contributed by atoms with Crippen molar-refractivity contribution in [3.63, 3.8) is 0 Å². The number of aromatic nitrogens is 5. The Morgan fingerprint density at radius 2 is 0.562 bits per heavy atom. The van der Waals surface area contributed by atoms with Crippen LogP contribution in [0, 0.1) is 0 Å². The highest BCUT2D eigenvalue weighted by atomic mass is 15.0. The number of hydrogen-bond acceptors (Lipinski definition) is 3. The van der Waals surface area contributed by atoms with Crippen molar-refractivity contribution in [2.24, 2.45) is 0 Å². The fourth-order valence-electron chi connectivity index (χ4n) is 11.8. The Hall–Kier alpha value is -10.8. The van der Waals surface area contributed by atoms with Crippen LogP contribution in [0.2, 0.25) is 0 Å². The zero-order valence-corrected chi connectivity index (χ0v) is 43.5. The van der Waals surface area contributed by atoms with Crippen LogP contribution in [0.25, 0.3) is 145 Å². The number of hydrogen-bond donors (Lipinski definition) is 0. The largest absolute Gasteiger partial charge is 0.309 e. The van der Waals surface area contributed by atoms with E-state index in [1.165, 1.54) is 49.4 Å². The maximum Gasteiger partial charge on any atom is 0.164 e. The van der Waals surface area contributed by atoms with Gasteiger partial charge in [-0.3, -0.25) is 0 Å². The molecule has 15 aromatic rings. The molecule has 3 aromatic heterocycles. The highest BCUT2D eigenvalue weighted by Crippen LogP contribution is 2.43. The molecule has 0 aliphatic heterocycles. The van der Waals surface area contributed by atoms with Crippen molar-refractivity contribution < 1.29 is 0 Å². The molecule has 3 heterocycles. The fourth-order valence-corrected chi connectivity index (χ4v) is 11.8. The van der Waals surface area contributed by atoms with Gasteiger partial charge in [-0.15, -0.1) is 0 Å². The number of rotatable bonds is 10. The zero-order chi connectivity index (χ0) is 52.9. The van der Waals surface area contributed by atoms with Gasteiger partial charge in [0.05, 0.1) is 33.4 Å². The molecule has 374 valence electrons. The molecule has 0 aliphatic carbocycles. The molecular formula is C75H49N5. The molecule has 0 N–H and O–H groups in total. The van der Waals surface area contributed by atoms with Gasteiger partial charge in [0.15, 0.2) is 17.5 Å². The van der Waals surface area contributed by atoms with Gasteiger partial charge in [-0.1, -0.05) is 231 Å². The summed E-state index contributed by atoms with van der Waals surface area (Å²) in [4.78, 5) is 16.1. The summed E-state index contributed by atoms with van der Waals surface area (Å²) in [6.45, 7) is 0. The van der Waals surface area contributed by atoms with Crippen molar-refractivity contribution in [2.45, 2.75) is 0 Å². The first-order valence-corrected chi connectivity index (χ1v) is 27.2. The van der Waals surface area contributed by atoms with E-state index in [1.54, 1.807) is 0 Å². The molecule has 0 unspecified atom stereocenters. The van der Waals surface area contributed by atoms with Crippen LogP contribution in [0.3, 0.4) is 0 Å². The molecule has 5 nitrogen and oxygen atoms in total. The minimum Gasteiger partial charge on any atom is -0.309 e. The molecule has 0 aliphatic rings. The minimum absolute atomic E-state index is 0.580. The summed E-state index contributed by atoms with van der Waals surface area (Å²) in [5, 5.41) is 4.76. The summed E-state index contributed by atoms with van der Waals surface area (Å²) in [6, 6.07) is 106. The van der Waals surface area contributed by atoms with Crippen LogP contribution < -0.4 is 0 Å². The average Bonchev–Trinajstić information content (AvgIpc) is 4.14. The molecule has 0 fully saturated rings. The summed E-state index contributed by atoms with van der Waals surface area (Å²) in [7, 11) is 0. The van der Waals surface area contributed by atoms with Crippen LogP contribution in [0.15, 0.2) is 297 Å². The Balaban J connectivity index is 0.937. The Morgan fingerprint density at radius 3 is 1.10 bits per heavy atom. The van der Waals surface area contributed by atoms with Crippen LogP contribution in [0.5, 0.6) is 0 Å². The Morgan fingerprint density at radius 1 is 0.188 bits per heavy atom. The number of benzene rings is 12. The van der Waals surface area contributed by atoms with E-state index in [-0.39, 0.29) is 0 Å². The molecular weight excluding hydrogens is 971 g/mol. The zero-order valence-electron chi connectivity index (χ0n) is 43.5. The molecule has 0 bridgehead atoms. The molecule has 80 heavy (non-hydrogen) atoms. The second kappa shape index (κ2) is 19.7. The van der Waals surface area contributed by atoms with E-state index < -0.39 is 0 Å². The van der Waals surface area contributed by atoms with E-state index in [0.29, 0.717) is 17.5 Å². The third-order valence-electron chi connectivity index (χ3n) is 15.6. The Bertz CT molecular complexity index is 4650. The molecule has 0 radical (unpaired) electrons. The highest BCUT2D eigenvalue weighted by molar-refractivity contribution is 6.13. The van der Waals surface area contributed by atoms with Crippen molar-refractivity contribution >= 4 is 43.6 Å². The summed E-state index contributed by atoms with van der Waals surface area (Å²) in [5.41, 5.74) is 20.6. The van der Waals surface area contributed by atoms with E-state index in [1.807, 2.05) is 18.2 Å². The molecule has 0 amide bonds. The van der Waals surface area contributed by atoms with Gasteiger partial charge in [0.25, 0.3) is 0 Å². The van der Waals surface area contributed by atoms with Gasteiger partial charge >= 0.3 is 0 Å². The van der Waals surface area contributed by atoms with Crippen LogP contribution >= 0.6 is 0 Å². The molecule has 0 saturated heterocycles. The van der Waals surface area contributed by atoms with E-state index in [9.17, 15) is 0 Å². The smallest absolute Gasteiger partial charge is 0.164 e. The average molecular weight is 1020 g/mol. The second-order valence-corrected chi connectivity index (χ2v) is 20.3. The second-order valence-electron chi connectivity index (χ2n) is 20.3. The van der Waals surface area contributed by atoms with Crippen LogP contribution in [0.4, 0.5) is 0 Å². The molecule has 0 atom stereocenters. The van der Waals surface area contributed by atoms with E-state index >= 15 is 0 Å². The lowest BCUT2D eigenvalue weighted by molar-refractivity contribution is 1.07. The molecule has 0 spiro atoms. The van der Waals surface area contributed by atoms with Gasteiger partial charge in [-0.25, -0.2) is 15.0 Å². The molecule has 12 aromatic carbocycles. The number of nitrogens with zero attached hydrogens (tertiary/aromatic N) is 5. The maximum absolute atomic E-state index is 5.47. The van der Waals surface area contributed by atoms with Crippen LogP contribution in [-0.4, -0.2) is 24.1 Å². The van der Waals surface area contributed by atoms with Crippen molar-refractivity contribution in [3.8, 4) is 101 Å². The SMILES string of the molecule is c1ccc(-c2cccc(-c3ccc(-c4nc(-c5ccccc5)nc(-c5ccc(-n6c7ccc(-c8ccccc8)cc7c7cc(-c8ccccc8)ccc76)c(-c6ccccc6)c5)n4)cc3-n3c4ccccc4c4ccccc43)c2)cc1. The molecule has 15 rings (SSSR count). The number of para-hydroxylation sites is 2. The Labute approximate surface area is 463 Å². The quantitative estimate of drug-likeness (QED) is 0.137. The summed E-state index contributed by atoms with van der Waals surface area (Å²) < 4.78 is 4.84. The third-order valence-corrected chi connectivity index (χ3v) is 15.6. The lowest BCUT2D eigenvalue weighted by Crippen LogP contribution is -2.03. The predicted molar refractivity (Wildman–Crippen MR) is 332 cm³/mol. The van der Waals surface area contributed by atoms with Gasteiger partial charge < -0.3 is 9.13 Å². The van der Waals surface area contributed by atoms with E-state index in [4.69, 9.17) is 15.0 Å². The third kappa shape index (κ3) is 8.24. The first-order chi connectivity index (χ1) is 39.7. The lowest BCUT2D eigenvalue weighted by Gasteiger charge is -2.18. The molecule has 0 saturated carbocycles. The fraction of sp³-hybridized carbons (Fsp3) is 0. The number of fused-ring (bicyclic) bond motifs is 6. The van der Waals surface area contributed by atoms with Gasteiger partial charge in [0.1, 0.15) is 0 Å². The highest BCUT2D eigenvalue weighted by Gasteiger charge is 2.22. The van der Waals surface area contributed by atoms with Crippen LogP contribution in [-0.2, 0) is 0 Å². The monoisotopic (exact) mass is 1020 g/mol. The predicted octanol–water partition coefficient (Wildman–Crippen LogP) is 19.4. The first-order valence-electron chi connectivity index (χ1n) is 27.2. The Kier molecular flexibility index (Phi) is 11.4. The van der Waals surface area contributed by atoms with Crippen molar-refractivity contribution in [1.29, 1.82) is 0 Å². The van der Waals surface area contributed by atoms with Gasteiger partial charge in [-0.2, -0.15) is 0 Å². The summed E-state index contributed by atoms with van der Waals surface area (Å²) >= 11 is 0. The molecule has 5 heteroatoms. The normalized spacial score (nSPS) is 11.5. The minimum atomic E-state index is 0.580. The summed E-state index contributed by atoms with van der Waals surface area (Å²) in [6.07, 6.45) is 0.